The van der Waals surface area contributed by atoms with Gasteiger partial charge in [-0.25, -0.2) is 0 Å². The maximum Gasteiger partial charge on any atom is 0.270 e. The lowest BCUT2D eigenvalue weighted by atomic mass is 10.1. The van der Waals surface area contributed by atoms with Crippen molar-refractivity contribution in [2.45, 2.75) is 26.7 Å². The van der Waals surface area contributed by atoms with E-state index in [2.05, 4.69) is 0 Å². The Kier molecular flexibility index (Phi) is 15.2. The summed E-state index contributed by atoms with van der Waals surface area (Å²) in [5.41, 5.74) is 2.45. The first-order valence-corrected chi connectivity index (χ1v) is 13.1. The molecule has 4 aromatic carbocycles. The summed E-state index contributed by atoms with van der Waals surface area (Å²) in [6, 6.07) is 29.5. The van der Waals surface area contributed by atoms with Crippen LogP contribution >= 0.6 is 0 Å². The molecule has 230 valence electrons. The molecular formula is C34H29BN5O6-. The van der Waals surface area contributed by atoms with Gasteiger partial charge in [-0.15, -0.1) is 0 Å². The van der Waals surface area contributed by atoms with Crippen LogP contribution in [0.15, 0.2) is 84.9 Å². The minimum Gasteiger partial charge on any atom is -0.508 e. The number of carbonyl (C=O) groups excluding carboxylic acids is 2. The number of rotatable bonds is 7. The number of aromatic hydroxyl groups is 1. The highest BCUT2D eigenvalue weighted by atomic mass is 16.6. The number of non-ortho nitro benzene ring substituents is 1. The van der Waals surface area contributed by atoms with Crippen molar-refractivity contribution in [1.82, 2.24) is 0 Å². The molecule has 11 nitrogen and oxygen atoms in total. The highest BCUT2D eigenvalue weighted by Gasteiger charge is 2.09. The number of nitro groups is 1. The molecule has 4 aromatic rings. The van der Waals surface area contributed by atoms with Crippen LogP contribution < -0.4 is 4.74 Å². The number of ketones is 2. The molecule has 0 fully saturated rings. The number of hydrogen-bond donors (Lipinski definition) is 1. The normalized spacial score (nSPS) is 9.00. The van der Waals surface area contributed by atoms with Crippen molar-refractivity contribution in [3.8, 4) is 41.5 Å². The standard InChI is InChI=1S/C17H12N2O2.C9H10O2.C8H3N3O2.BH4/c1-12(20)8-13-2-5-16(6-3-13)21-17-7-4-14(10-18)15(9-17)11-19;1-7(10)6-8-2-4-9(11)5-3-8;9-4-6-1-2-8(11(12)13)3-7(6)5-10;/h2-7,9H,8H2,1H3;2-5,11H,6H2,1H3;1-3H;1H4/q;;;-1. The number of nitriles is 4. The fourth-order valence-corrected chi connectivity index (χ4v) is 3.61. The number of phenols is 1. The summed E-state index contributed by atoms with van der Waals surface area (Å²) < 4.78 is 5.63. The lowest BCUT2D eigenvalue weighted by Crippen LogP contribution is -1.95. The Bertz CT molecular complexity index is 1860. The first kappa shape index (κ1) is 37.3. The third-order valence-electron chi connectivity index (χ3n) is 5.69. The summed E-state index contributed by atoms with van der Waals surface area (Å²) in [5.74, 6) is 1.57. The van der Waals surface area contributed by atoms with Gasteiger partial charge in [0.25, 0.3) is 5.69 Å². The molecule has 4 rings (SSSR count). The van der Waals surface area contributed by atoms with Crippen molar-refractivity contribution in [2.75, 3.05) is 0 Å². The van der Waals surface area contributed by atoms with Gasteiger partial charge in [0.2, 0.25) is 0 Å². The Balaban J connectivity index is 0.000000365. The number of hydrogen-bond acceptors (Lipinski definition) is 10. The molecule has 12 heteroatoms. The second kappa shape index (κ2) is 18.7. The van der Waals surface area contributed by atoms with E-state index in [0.29, 0.717) is 29.9 Å². The van der Waals surface area contributed by atoms with E-state index in [4.69, 9.17) is 30.9 Å². The van der Waals surface area contributed by atoms with Gasteiger partial charge in [-0.3, -0.25) is 19.7 Å². The van der Waals surface area contributed by atoms with Crippen LogP contribution in [0.3, 0.4) is 0 Å². The first-order chi connectivity index (χ1) is 21.5. The van der Waals surface area contributed by atoms with E-state index in [1.54, 1.807) is 74.5 Å². The predicted molar refractivity (Wildman–Crippen MR) is 173 cm³/mol. The third kappa shape index (κ3) is 12.2. The Morgan fingerprint density at radius 3 is 1.52 bits per heavy atom. The molecule has 0 saturated carbocycles. The minimum atomic E-state index is -0.609. The second-order valence-electron chi connectivity index (χ2n) is 9.31. The van der Waals surface area contributed by atoms with Gasteiger partial charge in [-0.1, -0.05) is 32.7 Å². The summed E-state index contributed by atoms with van der Waals surface area (Å²) in [6.07, 6.45) is 0.843. The molecule has 0 atom stereocenters. The summed E-state index contributed by atoms with van der Waals surface area (Å²) in [7, 11) is 0. The van der Waals surface area contributed by atoms with Crippen LogP contribution in [0.25, 0.3) is 0 Å². The van der Waals surface area contributed by atoms with Gasteiger partial charge in [0, 0.05) is 25.0 Å². The molecule has 0 bridgehead atoms. The Labute approximate surface area is 267 Å². The Hall–Kier alpha value is -6.76. The van der Waals surface area contributed by atoms with Gasteiger partial charge in [-0.2, -0.15) is 21.0 Å². The van der Waals surface area contributed by atoms with Gasteiger partial charge in [0.1, 0.15) is 53.1 Å². The maximum atomic E-state index is 11.0. The van der Waals surface area contributed by atoms with Crippen LogP contribution in [0.4, 0.5) is 5.69 Å². The van der Waals surface area contributed by atoms with E-state index in [9.17, 15) is 19.7 Å². The van der Waals surface area contributed by atoms with Crippen LogP contribution in [0, 0.1) is 55.4 Å². The monoisotopic (exact) mass is 614 g/mol. The largest absolute Gasteiger partial charge is 0.508 e. The summed E-state index contributed by atoms with van der Waals surface area (Å²) in [6.45, 7) is 3.09. The van der Waals surface area contributed by atoms with E-state index >= 15 is 0 Å². The van der Waals surface area contributed by atoms with Gasteiger partial charge in [0.15, 0.2) is 0 Å². The lowest BCUT2D eigenvalue weighted by molar-refractivity contribution is -0.384. The molecule has 0 saturated heterocycles. The molecule has 0 radical (unpaired) electrons. The smallest absolute Gasteiger partial charge is 0.270 e. The van der Waals surface area contributed by atoms with E-state index in [1.807, 2.05) is 24.3 Å². The fraction of sp³-hybridized carbons (Fsp3) is 0.118. The minimum absolute atomic E-state index is 0. The van der Waals surface area contributed by atoms with E-state index in [0.717, 1.165) is 17.2 Å². The molecule has 0 aliphatic carbocycles. The zero-order chi connectivity index (χ0) is 33.4. The molecular weight excluding hydrogens is 585 g/mol. The molecule has 0 spiro atoms. The van der Waals surface area contributed by atoms with E-state index < -0.39 is 4.92 Å². The molecule has 0 unspecified atom stereocenters. The second-order valence-corrected chi connectivity index (χ2v) is 9.31. The van der Waals surface area contributed by atoms with Gasteiger partial charge in [-0.05, 0) is 73.5 Å². The summed E-state index contributed by atoms with van der Waals surface area (Å²) in [5, 5.41) is 54.1. The van der Waals surface area contributed by atoms with Crippen molar-refractivity contribution in [2.24, 2.45) is 0 Å². The first-order valence-electron chi connectivity index (χ1n) is 13.1. The van der Waals surface area contributed by atoms with Crippen LogP contribution in [0.1, 0.15) is 47.2 Å². The number of benzene rings is 4. The van der Waals surface area contributed by atoms with Crippen molar-refractivity contribution in [1.29, 1.82) is 21.0 Å². The fourth-order valence-electron chi connectivity index (χ4n) is 3.61. The van der Waals surface area contributed by atoms with Crippen molar-refractivity contribution < 1.29 is 24.4 Å². The SMILES string of the molecule is CC(=O)Cc1ccc(O)cc1.CC(=O)Cc1ccc(Oc2ccc(C#N)c(C#N)c2)cc1.N#Cc1ccc([N+](=O)[O-])cc1C#N.[BH4-]. The number of phenolic OH excluding ortho intramolecular Hbond substituents is 1. The average Bonchev–Trinajstić information content (AvgIpc) is 3.02. The highest BCUT2D eigenvalue weighted by molar-refractivity contribution is 5.78. The number of carbonyl (C=O) groups is 2. The van der Waals surface area contributed by atoms with Crippen molar-refractivity contribution >= 4 is 25.7 Å². The summed E-state index contributed by atoms with van der Waals surface area (Å²) in [4.78, 5) is 31.3. The van der Waals surface area contributed by atoms with Crippen molar-refractivity contribution in [3.63, 3.8) is 0 Å². The van der Waals surface area contributed by atoms with Crippen LogP contribution in [0.5, 0.6) is 17.2 Å². The number of Topliss-reactive ketones (excluding diaryl/α,β-unsaturated/α-hetero) is 2. The Morgan fingerprint density at radius 1 is 0.674 bits per heavy atom. The molecule has 0 heterocycles. The van der Waals surface area contributed by atoms with Gasteiger partial charge in [0.05, 0.1) is 27.2 Å². The van der Waals surface area contributed by atoms with E-state index in [-0.39, 0.29) is 48.1 Å². The molecule has 0 aliphatic rings. The summed E-state index contributed by atoms with van der Waals surface area (Å²) >= 11 is 0. The number of nitrogens with zero attached hydrogens (tertiary/aromatic N) is 5. The molecule has 0 amide bonds. The van der Waals surface area contributed by atoms with Crippen molar-refractivity contribution in [3.05, 3.63) is 128 Å². The lowest BCUT2D eigenvalue weighted by Gasteiger charge is -2.07. The molecule has 0 aromatic heterocycles. The molecule has 1 N–H and O–H groups in total. The maximum absolute atomic E-state index is 11.0. The highest BCUT2D eigenvalue weighted by Crippen LogP contribution is 2.24. The zero-order valence-corrected chi connectivity index (χ0v) is 24.2. The predicted octanol–water partition coefficient (Wildman–Crippen LogP) is 4.76. The quantitative estimate of drug-likeness (QED) is 0.172. The van der Waals surface area contributed by atoms with Gasteiger partial charge < -0.3 is 9.84 Å². The van der Waals surface area contributed by atoms with Crippen LogP contribution in [-0.2, 0) is 22.4 Å². The zero-order valence-electron chi connectivity index (χ0n) is 24.2. The van der Waals surface area contributed by atoms with Crippen LogP contribution in [-0.4, -0.2) is 30.0 Å². The van der Waals surface area contributed by atoms with E-state index in [1.165, 1.54) is 18.2 Å². The molecule has 0 aliphatic heterocycles. The third-order valence-corrected chi connectivity index (χ3v) is 5.69. The Morgan fingerprint density at radius 2 is 1.09 bits per heavy atom. The van der Waals surface area contributed by atoms with Gasteiger partial charge >= 0.3 is 0 Å². The number of ether oxygens (including phenoxy) is 1. The van der Waals surface area contributed by atoms with Crippen LogP contribution in [0.2, 0.25) is 0 Å². The number of nitro benzene ring substituents is 1. The molecule has 46 heavy (non-hydrogen) atoms. The average molecular weight is 614 g/mol. The topological polar surface area (TPSA) is 202 Å².